The van der Waals surface area contributed by atoms with Gasteiger partial charge in [-0.25, -0.2) is 27.5 Å². The predicted octanol–water partition coefficient (Wildman–Crippen LogP) is 1.01. The van der Waals surface area contributed by atoms with E-state index in [2.05, 4.69) is 26.9 Å². The molecule has 0 fully saturated rings. The van der Waals surface area contributed by atoms with Crippen LogP contribution < -0.4 is 10.6 Å². The first kappa shape index (κ1) is 23.9. The molecule has 4 aromatic rings. The van der Waals surface area contributed by atoms with Crippen LogP contribution in [0, 0.1) is 17.7 Å². The number of nitrogens with zero attached hydrogens (tertiary/aromatic N) is 6. The first-order valence-corrected chi connectivity index (χ1v) is 9.96. The molecule has 3 heterocycles. The maximum absolute atomic E-state index is 14.9. The third-order valence-electron chi connectivity index (χ3n) is 4.82. The minimum absolute atomic E-state index is 0.0207. The van der Waals surface area contributed by atoms with E-state index in [1.54, 1.807) is 17.9 Å². The Hall–Kier alpha value is -4.25. The minimum Gasteiger partial charge on any atom is -0.325 e. The Balaban J connectivity index is 1.90. The van der Waals surface area contributed by atoms with Crippen molar-refractivity contribution in [1.29, 1.82) is 0 Å². The highest BCUT2D eigenvalue weighted by Crippen LogP contribution is 2.32. The molecule has 0 radical (unpaired) electrons. The van der Waals surface area contributed by atoms with Crippen LogP contribution >= 0.6 is 0 Å². The highest BCUT2D eigenvalue weighted by Gasteiger charge is 2.30. The van der Waals surface area contributed by atoms with Crippen LogP contribution in [-0.4, -0.2) is 52.6 Å². The van der Waals surface area contributed by atoms with Gasteiger partial charge < -0.3 is 20.2 Å². The van der Waals surface area contributed by atoms with Crippen molar-refractivity contribution in [1.82, 2.24) is 24.3 Å². The van der Waals surface area contributed by atoms with Crippen molar-refractivity contribution in [3.8, 4) is 11.8 Å². The molecule has 0 saturated carbocycles. The summed E-state index contributed by atoms with van der Waals surface area (Å²) in [5, 5.41) is 32.3. The fourth-order valence-electron chi connectivity index (χ4n) is 3.44. The number of aliphatic hydroxyl groups is 3. The van der Waals surface area contributed by atoms with Gasteiger partial charge in [0.1, 0.15) is 11.5 Å². The number of pyridine rings is 1. The van der Waals surface area contributed by atoms with E-state index < -0.39 is 47.3 Å². The molecule has 1 aromatic carbocycles. The number of hydrogen-bond acceptors (Lipinski definition) is 8. The van der Waals surface area contributed by atoms with E-state index >= 15 is 0 Å². The monoisotopic (exact) mass is 486 g/mol. The van der Waals surface area contributed by atoms with Crippen molar-refractivity contribution in [2.24, 2.45) is 7.05 Å². The molecule has 4 rings (SSSR count). The Morgan fingerprint density at radius 3 is 2.63 bits per heavy atom. The van der Waals surface area contributed by atoms with Crippen molar-refractivity contribution in [3.63, 3.8) is 0 Å². The van der Waals surface area contributed by atoms with Crippen molar-refractivity contribution in [2.45, 2.75) is 12.5 Å². The Bertz CT molecular complexity index is 1520. The number of halogens is 3. The summed E-state index contributed by atoms with van der Waals surface area (Å²) in [5.41, 5.74) is -1.08. The summed E-state index contributed by atoms with van der Waals surface area (Å²) >= 11 is 0. The van der Waals surface area contributed by atoms with Gasteiger partial charge in [-0.1, -0.05) is 12.0 Å². The first-order valence-electron chi connectivity index (χ1n) is 9.96. The molecular formula is C22H17F3N6O4. The molecule has 3 aromatic heterocycles. The quantitative estimate of drug-likeness (QED) is 0.282. The summed E-state index contributed by atoms with van der Waals surface area (Å²) < 4.78 is 43.6. The molecule has 35 heavy (non-hydrogen) atoms. The van der Waals surface area contributed by atoms with Gasteiger partial charge in [0.05, 0.1) is 29.2 Å². The van der Waals surface area contributed by atoms with Crippen LogP contribution in [0.4, 0.5) is 24.7 Å². The van der Waals surface area contributed by atoms with Crippen LogP contribution in [-0.2, 0) is 13.1 Å². The third-order valence-corrected chi connectivity index (χ3v) is 4.82. The molecule has 0 spiro atoms. The van der Waals surface area contributed by atoms with Gasteiger partial charge in [-0.3, -0.25) is 4.68 Å². The van der Waals surface area contributed by atoms with Crippen LogP contribution in [0.2, 0.25) is 0 Å². The third kappa shape index (κ3) is 4.99. The van der Waals surface area contributed by atoms with E-state index in [0.717, 1.165) is 23.1 Å². The molecule has 0 aliphatic heterocycles. The summed E-state index contributed by atoms with van der Waals surface area (Å²) in [6.07, 6.45) is -2.17. The topological polar surface area (TPSA) is 130 Å². The molecular weight excluding hydrogens is 469 g/mol. The zero-order valence-corrected chi connectivity index (χ0v) is 18.0. The van der Waals surface area contributed by atoms with Crippen molar-refractivity contribution >= 4 is 22.4 Å². The fourth-order valence-corrected chi connectivity index (χ4v) is 3.44. The van der Waals surface area contributed by atoms with E-state index in [9.17, 15) is 33.3 Å². The Morgan fingerprint density at radius 1 is 1.20 bits per heavy atom. The smallest absolute Gasteiger partial charge is 0.325 e. The highest BCUT2D eigenvalue weighted by atomic mass is 19.3. The summed E-state index contributed by atoms with van der Waals surface area (Å²) in [7, 11) is 1.71. The molecule has 0 aliphatic carbocycles. The summed E-state index contributed by atoms with van der Waals surface area (Å²) in [6.45, 7) is -0.998. The molecule has 180 valence electrons. The number of hydrogen-bond donors (Lipinski definition) is 3. The molecule has 0 bridgehead atoms. The molecule has 0 unspecified atom stereocenters. The maximum Gasteiger partial charge on any atom is 0.377 e. The van der Waals surface area contributed by atoms with Crippen LogP contribution in [0.5, 0.6) is 0 Å². The average molecular weight is 486 g/mol. The highest BCUT2D eigenvalue weighted by molar-refractivity contribution is 5.92. The van der Waals surface area contributed by atoms with Crippen LogP contribution in [0.1, 0.15) is 11.3 Å². The van der Waals surface area contributed by atoms with Crippen LogP contribution in [0.3, 0.4) is 0 Å². The van der Waals surface area contributed by atoms with Gasteiger partial charge in [0.2, 0.25) is 0 Å². The van der Waals surface area contributed by atoms with Gasteiger partial charge in [0, 0.05) is 25.1 Å². The molecule has 0 atom stereocenters. The Kier molecular flexibility index (Phi) is 6.27. The van der Waals surface area contributed by atoms with Gasteiger partial charge in [-0.15, -0.1) is 0 Å². The van der Waals surface area contributed by atoms with Gasteiger partial charge in [0.25, 0.3) is 6.43 Å². The van der Waals surface area contributed by atoms with Crippen molar-refractivity contribution in [3.05, 3.63) is 76.5 Å². The lowest BCUT2D eigenvalue weighted by atomic mass is 10.2. The van der Waals surface area contributed by atoms with Gasteiger partial charge in [-0.05, 0) is 30.2 Å². The molecule has 13 heteroatoms. The number of fused-ring (bicyclic) bond motifs is 1. The molecule has 0 saturated heterocycles. The summed E-state index contributed by atoms with van der Waals surface area (Å²) in [4.78, 5) is 21.1. The number of alkyl halides is 2. The molecule has 3 N–H and O–H groups in total. The summed E-state index contributed by atoms with van der Waals surface area (Å²) in [6, 6.07) is 5.89. The summed E-state index contributed by atoms with van der Waals surface area (Å²) in [5.74, 6) is 4.07. The Labute approximate surface area is 195 Å². The predicted molar refractivity (Wildman–Crippen MR) is 117 cm³/mol. The normalized spacial score (nSPS) is 11.5. The lowest BCUT2D eigenvalue weighted by Crippen LogP contribution is -2.43. The van der Waals surface area contributed by atoms with E-state index in [1.807, 2.05) is 0 Å². The van der Waals surface area contributed by atoms with E-state index in [0.29, 0.717) is 5.56 Å². The number of rotatable bonds is 5. The second-order valence-corrected chi connectivity index (χ2v) is 7.34. The van der Waals surface area contributed by atoms with E-state index in [1.165, 1.54) is 24.5 Å². The zero-order chi connectivity index (χ0) is 25.3. The van der Waals surface area contributed by atoms with Crippen LogP contribution in [0.25, 0.3) is 10.9 Å². The molecule has 0 aliphatic rings. The van der Waals surface area contributed by atoms with E-state index in [-0.39, 0.29) is 15.9 Å². The van der Waals surface area contributed by atoms with E-state index in [4.69, 9.17) is 0 Å². The van der Waals surface area contributed by atoms with Crippen molar-refractivity contribution < 1.29 is 28.5 Å². The van der Waals surface area contributed by atoms with Crippen LogP contribution in [0.15, 0.2) is 53.7 Å². The van der Waals surface area contributed by atoms with Crippen molar-refractivity contribution in [2.75, 3.05) is 11.4 Å². The lowest BCUT2D eigenvalue weighted by Gasteiger charge is -2.27. The minimum atomic E-state index is -3.71. The number of benzene rings is 1. The second kappa shape index (κ2) is 9.18. The second-order valence-electron chi connectivity index (χ2n) is 7.34. The standard InChI is InChI=1S/C22H17F3N6O4/c1-29-11-13(10-27-29)5-6-14-9-15(7-8-26-14)30(12-18(24)25)20-19-16(23)3-2-4-17(19)31(21(32)28-20)22(33,34)35/h2-4,7-11,18,33-35H,12H2,1H3. The average Bonchev–Trinajstić information content (AvgIpc) is 3.20. The molecule has 0 amide bonds. The van der Waals surface area contributed by atoms with Gasteiger partial charge in [-0.2, -0.15) is 10.1 Å². The SMILES string of the molecule is Cn1cc(C#Cc2cc(N(CC(F)F)c3nc(=O)n(C(O)(O)O)c4cccc(F)c34)ccn2)cn1. The Morgan fingerprint density at radius 2 is 1.97 bits per heavy atom. The lowest BCUT2D eigenvalue weighted by molar-refractivity contribution is -0.374. The largest absolute Gasteiger partial charge is 0.377 e. The first-order chi connectivity index (χ1) is 16.5. The number of anilines is 2. The van der Waals surface area contributed by atoms with Gasteiger partial charge >= 0.3 is 11.8 Å². The maximum atomic E-state index is 14.9. The number of aryl methyl sites for hydroxylation is 1. The van der Waals surface area contributed by atoms with Gasteiger partial charge in [0.15, 0.2) is 5.82 Å². The number of aromatic nitrogens is 5. The molecule has 10 nitrogen and oxygen atoms in total. The fraction of sp³-hybridized carbons (Fsp3) is 0.182. The zero-order valence-electron chi connectivity index (χ0n) is 18.0.